The SMILES string of the molecule is c1cc2cc(C3CCNC3)cnc2s1. The highest BCUT2D eigenvalue weighted by atomic mass is 32.1. The van der Waals surface area contributed by atoms with E-state index in [1.807, 2.05) is 6.20 Å². The van der Waals surface area contributed by atoms with Crippen LogP contribution in [0.5, 0.6) is 0 Å². The molecule has 14 heavy (non-hydrogen) atoms. The Morgan fingerprint density at radius 2 is 2.50 bits per heavy atom. The van der Waals surface area contributed by atoms with Gasteiger partial charge in [-0.1, -0.05) is 0 Å². The van der Waals surface area contributed by atoms with Crippen LogP contribution in [0.3, 0.4) is 0 Å². The van der Waals surface area contributed by atoms with Crippen molar-refractivity contribution < 1.29 is 0 Å². The molecule has 0 amide bonds. The topological polar surface area (TPSA) is 24.9 Å². The van der Waals surface area contributed by atoms with Crippen molar-refractivity contribution in [2.45, 2.75) is 12.3 Å². The molecule has 3 heterocycles. The summed E-state index contributed by atoms with van der Waals surface area (Å²) in [7, 11) is 0. The minimum atomic E-state index is 0.673. The lowest BCUT2D eigenvalue weighted by Gasteiger charge is -2.07. The smallest absolute Gasteiger partial charge is 0.123 e. The molecule has 3 rings (SSSR count). The Morgan fingerprint density at radius 1 is 1.50 bits per heavy atom. The Hall–Kier alpha value is -0.930. The Labute approximate surface area is 87.0 Å². The molecule has 72 valence electrons. The van der Waals surface area contributed by atoms with E-state index in [2.05, 4.69) is 27.8 Å². The van der Waals surface area contributed by atoms with E-state index in [-0.39, 0.29) is 0 Å². The Bertz CT molecular complexity index is 443. The van der Waals surface area contributed by atoms with Gasteiger partial charge in [-0.3, -0.25) is 0 Å². The summed E-state index contributed by atoms with van der Waals surface area (Å²) < 4.78 is 0. The van der Waals surface area contributed by atoms with E-state index in [0.29, 0.717) is 5.92 Å². The second-order valence-corrected chi connectivity index (χ2v) is 4.67. The van der Waals surface area contributed by atoms with Crippen LogP contribution >= 0.6 is 11.3 Å². The van der Waals surface area contributed by atoms with E-state index < -0.39 is 0 Å². The van der Waals surface area contributed by atoms with Crippen molar-refractivity contribution in [1.82, 2.24) is 10.3 Å². The van der Waals surface area contributed by atoms with Crippen molar-refractivity contribution in [3.8, 4) is 0 Å². The molecule has 1 N–H and O–H groups in total. The standard InChI is InChI=1S/C11H12N2S/c1-3-12-6-9(1)10-5-8-2-4-14-11(8)13-7-10/h2,4-5,7,9,12H,1,3,6H2. The second kappa shape index (κ2) is 3.33. The van der Waals surface area contributed by atoms with Gasteiger partial charge in [-0.25, -0.2) is 4.98 Å². The summed E-state index contributed by atoms with van der Waals surface area (Å²) >= 11 is 1.71. The van der Waals surface area contributed by atoms with Crippen molar-refractivity contribution in [2.24, 2.45) is 0 Å². The minimum absolute atomic E-state index is 0.673. The third-order valence-corrected chi connectivity index (χ3v) is 3.70. The van der Waals surface area contributed by atoms with Gasteiger partial charge in [0.1, 0.15) is 4.83 Å². The fraction of sp³-hybridized carbons (Fsp3) is 0.364. The summed E-state index contributed by atoms with van der Waals surface area (Å²) in [6, 6.07) is 4.44. The van der Waals surface area contributed by atoms with Crippen LogP contribution in [0, 0.1) is 0 Å². The van der Waals surface area contributed by atoms with Crippen molar-refractivity contribution in [2.75, 3.05) is 13.1 Å². The number of aromatic nitrogens is 1. The number of pyridine rings is 1. The van der Waals surface area contributed by atoms with Crippen LogP contribution in [-0.2, 0) is 0 Å². The third-order valence-electron chi connectivity index (χ3n) is 2.86. The average molecular weight is 204 g/mol. The molecule has 0 aliphatic carbocycles. The van der Waals surface area contributed by atoms with Crippen LogP contribution in [0.2, 0.25) is 0 Å². The van der Waals surface area contributed by atoms with Gasteiger partial charge in [0.05, 0.1) is 0 Å². The molecule has 2 aromatic heterocycles. The van der Waals surface area contributed by atoms with Crippen LogP contribution in [0.1, 0.15) is 17.9 Å². The molecule has 2 nitrogen and oxygen atoms in total. The zero-order valence-electron chi connectivity index (χ0n) is 7.86. The molecule has 3 heteroatoms. The van der Waals surface area contributed by atoms with E-state index in [1.165, 1.54) is 17.4 Å². The molecule has 0 bridgehead atoms. The van der Waals surface area contributed by atoms with Crippen LogP contribution in [-0.4, -0.2) is 18.1 Å². The summed E-state index contributed by atoms with van der Waals surface area (Å²) in [5.41, 5.74) is 1.39. The van der Waals surface area contributed by atoms with E-state index in [1.54, 1.807) is 11.3 Å². The van der Waals surface area contributed by atoms with Crippen LogP contribution in [0.15, 0.2) is 23.7 Å². The molecule has 1 aliphatic rings. The maximum atomic E-state index is 4.48. The lowest BCUT2D eigenvalue weighted by molar-refractivity contribution is 0.761. The number of hydrogen-bond acceptors (Lipinski definition) is 3. The molecule has 1 unspecified atom stereocenters. The largest absolute Gasteiger partial charge is 0.316 e. The monoisotopic (exact) mass is 204 g/mol. The van der Waals surface area contributed by atoms with Gasteiger partial charge in [0.2, 0.25) is 0 Å². The molecule has 0 saturated carbocycles. The molecule has 1 aliphatic heterocycles. The Kier molecular flexibility index (Phi) is 2.00. The first kappa shape index (κ1) is 8.38. The quantitative estimate of drug-likeness (QED) is 0.771. The zero-order chi connectivity index (χ0) is 9.38. The van der Waals surface area contributed by atoms with Gasteiger partial charge in [0.25, 0.3) is 0 Å². The van der Waals surface area contributed by atoms with E-state index >= 15 is 0 Å². The van der Waals surface area contributed by atoms with E-state index in [4.69, 9.17) is 0 Å². The molecule has 0 aromatic carbocycles. The molecule has 1 fully saturated rings. The predicted molar refractivity (Wildman–Crippen MR) is 59.8 cm³/mol. The molecule has 2 aromatic rings. The van der Waals surface area contributed by atoms with Crippen molar-refractivity contribution in [1.29, 1.82) is 0 Å². The van der Waals surface area contributed by atoms with Crippen LogP contribution < -0.4 is 5.32 Å². The van der Waals surface area contributed by atoms with Crippen molar-refractivity contribution in [3.05, 3.63) is 29.3 Å². The van der Waals surface area contributed by atoms with Crippen LogP contribution in [0.4, 0.5) is 0 Å². The molecule has 0 radical (unpaired) electrons. The van der Waals surface area contributed by atoms with Gasteiger partial charge in [-0.15, -0.1) is 11.3 Å². The van der Waals surface area contributed by atoms with Crippen molar-refractivity contribution >= 4 is 21.6 Å². The predicted octanol–water partition coefficient (Wildman–Crippen LogP) is 2.37. The first-order valence-electron chi connectivity index (χ1n) is 4.97. The van der Waals surface area contributed by atoms with Gasteiger partial charge < -0.3 is 5.32 Å². The number of rotatable bonds is 1. The maximum absolute atomic E-state index is 4.48. The summed E-state index contributed by atoms with van der Waals surface area (Å²) in [6.45, 7) is 2.25. The van der Waals surface area contributed by atoms with E-state index in [9.17, 15) is 0 Å². The molecule has 0 spiro atoms. The number of hydrogen-bond donors (Lipinski definition) is 1. The molecular formula is C11H12N2S. The highest BCUT2D eigenvalue weighted by Gasteiger charge is 2.16. The lowest BCUT2D eigenvalue weighted by Crippen LogP contribution is -2.07. The summed E-state index contributed by atoms with van der Waals surface area (Å²) in [4.78, 5) is 5.63. The fourth-order valence-corrected chi connectivity index (χ4v) is 2.76. The van der Waals surface area contributed by atoms with Gasteiger partial charge in [-0.05, 0) is 42.0 Å². The normalized spacial score (nSPS) is 21.9. The maximum Gasteiger partial charge on any atom is 0.123 e. The van der Waals surface area contributed by atoms with E-state index in [0.717, 1.165) is 17.9 Å². The number of thiophene rings is 1. The third kappa shape index (κ3) is 1.33. The first-order chi connectivity index (χ1) is 6.93. The Balaban J connectivity index is 2.04. The highest BCUT2D eigenvalue weighted by Crippen LogP contribution is 2.26. The first-order valence-corrected chi connectivity index (χ1v) is 5.85. The summed E-state index contributed by atoms with van der Waals surface area (Å²) in [5.74, 6) is 0.673. The van der Waals surface area contributed by atoms with Crippen molar-refractivity contribution in [3.63, 3.8) is 0 Å². The van der Waals surface area contributed by atoms with Gasteiger partial charge in [0, 0.05) is 18.1 Å². The molecule has 1 saturated heterocycles. The second-order valence-electron chi connectivity index (χ2n) is 3.77. The van der Waals surface area contributed by atoms with Crippen LogP contribution in [0.25, 0.3) is 10.2 Å². The summed E-state index contributed by atoms with van der Waals surface area (Å²) in [6.07, 6.45) is 3.29. The average Bonchev–Trinajstić information content (AvgIpc) is 2.88. The van der Waals surface area contributed by atoms with Gasteiger partial charge in [0.15, 0.2) is 0 Å². The minimum Gasteiger partial charge on any atom is -0.316 e. The Morgan fingerprint density at radius 3 is 3.36 bits per heavy atom. The zero-order valence-corrected chi connectivity index (χ0v) is 8.68. The lowest BCUT2D eigenvalue weighted by atomic mass is 10.00. The number of nitrogens with one attached hydrogen (secondary N) is 1. The van der Waals surface area contributed by atoms with Gasteiger partial charge >= 0.3 is 0 Å². The number of fused-ring (bicyclic) bond motifs is 1. The number of nitrogens with zero attached hydrogens (tertiary/aromatic N) is 1. The molecular weight excluding hydrogens is 192 g/mol. The van der Waals surface area contributed by atoms with Gasteiger partial charge in [-0.2, -0.15) is 0 Å². The fourth-order valence-electron chi connectivity index (χ4n) is 2.04. The molecule has 1 atom stereocenters. The summed E-state index contributed by atoms with van der Waals surface area (Å²) in [5, 5.41) is 6.78. The highest BCUT2D eigenvalue weighted by molar-refractivity contribution is 7.16.